The number of carboxylic acid groups (broad SMARTS) is 1. The highest BCUT2D eigenvalue weighted by Crippen LogP contribution is 2.13. The van der Waals surface area contributed by atoms with Crippen LogP contribution in [0.15, 0.2) is 12.4 Å². The Labute approximate surface area is 110 Å². The number of amides is 1. The molecule has 1 atom stereocenters. The number of carboxylic acids is 1. The molecule has 6 nitrogen and oxygen atoms in total. The lowest BCUT2D eigenvalue weighted by Gasteiger charge is -2.12. The summed E-state index contributed by atoms with van der Waals surface area (Å²) in [4.78, 5) is 21.7. The summed E-state index contributed by atoms with van der Waals surface area (Å²) in [7, 11) is 1.85. The van der Waals surface area contributed by atoms with Crippen LogP contribution < -0.4 is 5.32 Å². The number of thioether (sulfide) groups is 1. The molecule has 0 radical (unpaired) electrons. The van der Waals surface area contributed by atoms with Crippen molar-refractivity contribution in [1.82, 2.24) is 15.1 Å². The van der Waals surface area contributed by atoms with Crippen LogP contribution in [0, 0.1) is 0 Å². The summed E-state index contributed by atoms with van der Waals surface area (Å²) in [6, 6.07) is -0.802. The van der Waals surface area contributed by atoms with E-state index in [1.165, 1.54) is 6.92 Å². The zero-order chi connectivity index (χ0) is 13.5. The van der Waals surface area contributed by atoms with Gasteiger partial charge in [-0.25, -0.2) is 4.79 Å². The van der Waals surface area contributed by atoms with E-state index < -0.39 is 12.0 Å². The highest BCUT2D eigenvalue weighted by molar-refractivity contribution is 7.98. The van der Waals surface area contributed by atoms with Crippen molar-refractivity contribution >= 4 is 23.6 Å². The Morgan fingerprint density at radius 1 is 1.61 bits per heavy atom. The van der Waals surface area contributed by atoms with Gasteiger partial charge < -0.3 is 10.4 Å². The molecule has 100 valence electrons. The number of nitrogens with one attached hydrogen (secondary N) is 1. The van der Waals surface area contributed by atoms with Gasteiger partial charge in [0.05, 0.1) is 6.20 Å². The molecule has 1 aromatic rings. The fourth-order valence-electron chi connectivity index (χ4n) is 1.44. The van der Waals surface area contributed by atoms with E-state index in [-0.39, 0.29) is 5.91 Å². The number of aliphatic carboxylic acids is 1. The highest BCUT2D eigenvalue weighted by atomic mass is 32.2. The Morgan fingerprint density at radius 3 is 2.83 bits per heavy atom. The molecule has 0 spiro atoms. The summed E-state index contributed by atoms with van der Waals surface area (Å²) < 4.78 is 1.73. The van der Waals surface area contributed by atoms with Crippen LogP contribution in [0.2, 0.25) is 0 Å². The van der Waals surface area contributed by atoms with E-state index in [1.807, 2.05) is 13.2 Å². The number of hydrogen-bond acceptors (Lipinski definition) is 4. The Balaban J connectivity index is 2.26. The second-order valence-corrected chi connectivity index (χ2v) is 5.06. The number of rotatable bonds is 7. The number of aromatic nitrogens is 2. The van der Waals surface area contributed by atoms with Gasteiger partial charge in [-0.05, 0) is 17.7 Å². The minimum atomic E-state index is -0.993. The number of carbonyl (C=O) groups is 2. The van der Waals surface area contributed by atoms with Crippen molar-refractivity contribution in [1.29, 1.82) is 0 Å². The van der Waals surface area contributed by atoms with Crippen molar-refractivity contribution < 1.29 is 14.7 Å². The monoisotopic (exact) mass is 271 g/mol. The van der Waals surface area contributed by atoms with Gasteiger partial charge in [0, 0.05) is 25.9 Å². The van der Waals surface area contributed by atoms with Gasteiger partial charge in [-0.1, -0.05) is 0 Å². The first-order valence-electron chi connectivity index (χ1n) is 5.54. The molecule has 1 rings (SSSR count). The van der Waals surface area contributed by atoms with Crippen LogP contribution in [0.25, 0.3) is 0 Å². The summed E-state index contributed by atoms with van der Waals surface area (Å²) in [6.07, 6.45) is 4.13. The van der Waals surface area contributed by atoms with Gasteiger partial charge >= 0.3 is 5.97 Å². The van der Waals surface area contributed by atoms with Crippen molar-refractivity contribution in [3.63, 3.8) is 0 Å². The molecule has 1 unspecified atom stereocenters. The van der Waals surface area contributed by atoms with E-state index in [0.717, 1.165) is 11.3 Å². The van der Waals surface area contributed by atoms with Crippen LogP contribution in [0.5, 0.6) is 0 Å². The maximum absolute atomic E-state index is 10.9. The van der Waals surface area contributed by atoms with Crippen molar-refractivity contribution in [2.75, 3.05) is 5.75 Å². The van der Waals surface area contributed by atoms with Gasteiger partial charge in [-0.3, -0.25) is 9.48 Å². The van der Waals surface area contributed by atoms with E-state index in [1.54, 1.807) is 22.6 Å². The predicted octanol–water partition coefficient (Wildman–Crippen LogP) is 0.633. The molecule has 2 N–H and O–H groups in total. The second kappa shape index (κ2) is 7.05. The molecule has 0 aromatic carbocycles. The minimum absolute atomic E-state index is 0.320. The zero-order valence-electron chi connectivity index (χ0n) is 10.4. The second-order valence-electron chi connectivity index (χ2n) is 3.95. The number of aryl methyl sites for hydroxylation is 1. The summed E-state index contributed by atoms with van der Waals surface area (Å²) >= 11 is 1.62. The van der Waals surface area contributed by atoms with Crippen molar-refractivity contribution in [2.45, 2.75) is 25.1 Å². The molecule has 0 saturated heterocycles. The molecule has 0 fully saturated rings. The molecule has 1 heterocycles. The van der Waals surface area contributed by atoms with E-state index in [2.05, 4.69) is 10.4 Å². The zero-order valence-corrected chi connectivity index (χ0v) is 11.2. The average Bonchev–Trinajstić information content (AvgIpc) is 2.68. The summed E-state index contributed by atoms with van der Waals surface area (Å²) in [5.74, 6) is 0.152. The van der Waals surface area contributed by atoms with Gasteiger partial charge in [0.25, 0.3) is 0 Å². The lowest BCUT2D eigenvalue weighted by Crippen LogP contribution is -2.39. The first kappa shape index (κ1) is 14.6. The third-order valence-electron chi connectivity index (χ3n) is 2.25. The fourth-order valence-corrected chi connectivity index (χ4v) is 2.37. The Bertz CT molecular complexity index is 419. The van der Waals surface area contributed by atoms with E-state index in [4.69, 9.17) is 5.11 Å². The Kier molecular flexibility index (Phi) is 5.70. The lowest BCUT2D eigenvalue weighted by molar-refractivity contribution is -0.141. The predicted molar refractivity (Wildman–Crippen MR) is 69.2 cm³/mol. The Morgan fingerprint density at radius 2 is 2.33 bits per heavy atom. The lowest BCUT2D eigenvalue weighted by atomic mass is 10.2. The molecule has 0 aliphatic rings. The molecular formula is C11H17N3O3S. The first-order valence-corrected chi connectivity index (χ1v) is 6.69. The maximum Gasteiger partial charge on any atom is 0.326 e. The molecule has 0 saturated carbocycles. The molecule has 0 aliphatic carbocycles. The standard InChI is InChI=1S/C11H17N3O3S/c1-8(15)13-10(11(16)17)3-4-18-7-9-5-12-14(2)6-9/h5-6,10H,3-4,7H2,1-2H3,(H,13,15)(H,16,17). The molecule has 7 heteroatoms. The minimum Gasteiger partial charge on any atom is -0.480 e. The normalized spacial score (nSPS) is 12.1. The van der Waals surface area contributed by atoms with Crippen LogP contribution in [0.1, 0.15) is 18.9 Å². The summed E-state index contributed by atoms with van der Waals surface area (Å²) in [6.45, 7) is 1.32. The maximum atomic E-state index is 10.9. The number of carbonyl (C=O) groups excluding carboxylic acids is 1. The molecule has 0 bridgehead atoms. The smallest absolute Gasteiger partial charge is 0.326 e. The van der Waals surface area contributed by atoms with E-state index >= 15 is 0 Å². The van der Waals surface area contributed by atoms with Crippen molar-refractivity contribution in [3.8, 4) is 0 Å². The van der Waals surface area contributed by atoms with E-state index in [0.29, 0.717) is 12.2 Å². The topological polar surface area (TPSA) is 84.2 Å². The van der Waals surface area contributed by atoms with Crippen molar-refractivity contribution in [3.05, 3.63) is 18.0 Å². The van der Waals surface area contributed by atoms with Gasteiger partial charge in [-0.2, -0.15) is 16.9 Å². The summed E-state index contributed by atoms with van der Waals surface area (Å²) in [5.41, 5.74) is 1.11. The van der Waals surface area contributed by atoms with E-state index in [9.17, 15) is 9.59 Å². The van der Waals surface area contributed by atoms with Gasteiger partial charge in [0.1, 0.15) is 6.04 Å². The SMILES string of the molecule is CC(=O)NC(CCSCc1cnn(C)c1)C(=O)O. The quantitative estimate of drug-likeness (QED) is 0.711. The molecule has 0 aliphatic heterocycles. The average molecular weight is 271 g/mol. The number of hydrogen-bond donors (Lipinski definition) is 2. The van der Waals surface area contributed by atoms with Gasteiger partial charge in [-0.15, -0.1) is 0 Å². The fraction of sp³-hybridized carbons (Fsp3) is 0.545. The molecule has 1 aromatic heterocycles. The van der Waals surface area contributed by atoms with Crippen LogP contribution >= 0.6 is 11.8 Å². The largest absolute Gasteiger partial charge is 0.480 e. The Hall–Kier alpha value is -1.50. The third-order valence-corrected chi connectivity index (χ3v) is 3.32. The van der Waals surface area contributed by atoms with Crippen LogP contribution in [0.3, 0.4) is 0 Å². The van der Waals surface area contributed by atoms with Crippen LogP contribution in [-0.4, -0.2) is 38.6 Å². The van der Waals surface area contributed by atoms with Crippen LogP contribution in [0.4, 0.5) is 0 Å². The molecule has 18 heavy (non-hydrogen) atoms. The third kappa shape index (κ3) is 5.22. The van der Waals surface area contributed by atoms with Gasteiger partial charge in [0.2, 0.25) is 5.91 Å². The van der Waals surface area contributed by atoms with Crippen molar-refractivity contribution in [2.24, 2.45) is 7.05 Å². The van der Waals surface area contributed by atoms with Gasteiger partial charge in [0.15, 0.2) is 0 Å². The van der Waals surface area contributed by atoms with Crippen LogP contribution in [-0.2, 0) is 22.4 Å². The molecule has 1 amide bonds. The number of nitrogens with zero attached hydrogens (tertiary/aromatic N) is 2. The first-order chi connectivity index (χ1) is 8.49. The highest BCUT2D eigenvalue weighted by Gasteiger charge is 2.17. The molecular weight excluding hydrogens is 254 g/mol. The summed E-state index contributed by atoms with van der Waals surface area (Å²) in [5, 5.41) is 15.4.